The van der Waals surface area contributed by atoms with Crippen LogP contribution in [0, 0.1) is 17.1 Å². The van der Waals surface area contributed by atoms with E-state index < -0.39 is 0 Å². The van der Waals surface area contributed by atoms with Crippen LogP contribution in [-0.4, -0.2) is 18.0 Å². The zero-order chi connectivity index (χ0) is 12.8. The molecule has 18 heavy (non-hydrogen) atoms. The van der Waals surface area contributed by atoms with Crippen molar-refractivity contribution >= 4 is 5.70 Å². The van der Waals surface area contributed by atoms with Crippen LogP contribution in [0.5, 0.6) is 0 Å². The van der Waals surface area contributed by atoms with Crippen molar-refractivity contribution in [2.45, 2.75) is 25.7 Å². The summed E-state index contributed by atoms with van der Waals surface area (Å²) >= 11 is 0. The maximum atomic E-state index is 12.9. The number of nitriles is 1. The lowest BCUT2D eigenvalue weighted by Gasteiger charge is -2.25. The fourth-order valence-corrected chi connectivity index (χ4v) is 2.35. The maximum Gasteiger partial charge on any atom is 0.123 e. The number of rotatable bonds is 2. The highest BCUT2D eigenvalue weighted by Gasteiger charge is 2.14. The van der Waals surface area contributed by atoms with Crippen molar-refractivity contribution in [2.75, 3.05) is 13.1 Å². The lowest BCUT2D eigenvalue weighted by atomic mass is 10.1. The van der Waals surface area contributed by atoms with Gasteiger partial charge in [0.25, 0.3) is 0 Å². The Labute approximate surface area is 107 Å². The van der Waals surface area contributed by atoms with Crippen LogP contribution in [0.4, 0.5) is 4.39 Å². The zero-order valence-electron chi connectivity index (χ0n) is 10.4. The van der Waals surface area contributed by atoms with Crippen LogP contribution in [-0.2, 0) is 0 Å². The van der Waals surface area contributed by atoms with E-state index in [0.717, 1.165) is 37.2 Å². The van der Waals surface area contributed by atoms with E-state index >= 15 is 0 Å². The van der Waals surface area contributed by atoms with Gasteiger partial charge in [0.1, 0.15) is 5.82 Å². The van der Waals surface area contributed by atoms with Gasteiger partial charge in [-0.2, -0.15) is 5.26 Å². The first-order valence-electron chi connectivity index (χ1n) is 6.42. The zero-order valence-corrected chi connectivity index (χ0v) is 10.4. The normalized spacial score (nSPS) is 17.1. The predicted molar refractivity (Wildman–Crippen MR) is 70.0 cm³/mol. The number of likely N-dealkylation sites (tertiary alicyclic amines) is 1. The second-order valence-corrected chi connectivity index (χ2v) is 4.57. The van der Waals surface area contributed by atoms with E-state index in [1.165, 1.54) is 25.0 Å². The molecule has 1 fully saturated rings. The van der Waals surface area contributed by atoms with Crippen LogP contribution >= 0.6 is 0 Å². The summed E-state index contributed by atoms with van der Waals surface area (Å²) in [4.78, 5) is 2.24. The molecule has 1 aliphatic heterocycles. The first-order chi connectivity index (χ1) is 8.81. The number of hydrogen-bond donors (Lipinski definition) is 0. The molecule has 1 heterocycles. The van der Waals surface area contributed by atoms with Crippen LogP contribution < -0.4 is 0 Å². The molecule has 1 aromatic carbocycles. The van der Waals surface area contributed by atoms with Crippen molar-refractivity contribution in [3.05, 3.63) is 41.7 Å². The van der Waals surface area contributed by atoms with Gasteiger partial charge in [-0.15, -0.1) is 0 Å². The van der Waals surface area contributed by atoms with Crippen LogP contribution in [0.25, 0.3) is 5.70 Å². The topological polar surface area (TPSA) is 27.0 Å². The fourth-order valence-electron chi connectivity index (χ4n) is 2.35. The minimum atomic E-state index is -0.245. The van der Waals surface area contributed by atoms with Crippen molar-refractivity contribution < 1.29 is 4.39 Å². The van der Waals surface area contributed by atoms with E-state index in [9.17, 15) is 4.39 Å². The smallest absolute Gasteiger partial charge is 0.123 e. The van der Waals surface area contributed by atoms with Gasteiger partial charge in [0.05, 0.1) is 11.8 Å². The second-order valence-electron chi connectivity index (χ2n) is 4.57. The quantitative estimate of drug-likeness (QED) is 0.744. The summed E-state index contributed by atoms with van der Waals surface area (Å²) in [7, 11) is 0. The lowest BCUT2D eigenvalue weighted by Crippen LogP contribution is -2.23. The molecule has 0 radical (unpaired) electrons. The van der Waals surface area contributed by atoms with Gasteiger partial charge < -0.3 is 4.90 Å². The van der Waals surface area contributed by atoms with Crippen LogP contribution in [0.3, 0.4) is 0 Å². The highest BCUT2D eigenvalue weighted by molar-refractivity contribution is 5.66. The Morgan fingerprint density at radius 3 is 2.28 bits per heavy atom. The molecule has 0 aliphatic carbocycles. The number of allylic oxidation sites excluding steroid dienone is 1. The largest absolute Gasteiger partial charge is 0.370 e. The van der Waals surface area contributed by atoms with E-state index in [2.05, 4.69) is 11.0 Å². The molecular formula is C15H17FN2. The molecule has 3 heteroatoms. The molecule has 1 aromatic rings. The monoisotopic (exact) mass is 244 g/mol. The SMILES string of the molecule is N#CC=C(c1ccc(F)cc1)N1CCCCCC1. The van der Waals surface area contributed by atoms with Gasteiger partial charge in [-0.1, -0.05) is 12.8 Å². The second kappa shape index (κ2) is 6.20. The number of halogens is 1. The molecule has 1 saturated heterocycles. The average molecular weight is 244 g/mol. The number of benzene rings is 1. The standard InChI is InChI=1S/C15H17FN2/c16-14-7-5-13(6-8-14)15(9-10-17)18-11-3-1-2-4-12-18/h5-9H,1-4,11-12H2. The molecule has 1 aliphatic rings. The molecule has 0 aromatic heterocycles. The van der Waals surface area contributed by atoms with Crippen molar-refractivity contribution in [1.29, 1.82) is 5.26 Å². The van der Waals surface area contributed by atoms with Gasteiger partial charge >= 0.3 is 0 Å². The van der Waals surface area contributed by atoms with Gasteiger partial charge in [-0.25, -0.2) is 4.39 Å². The third-order valence-corrected chi connectivity index (χ3v) is 3.29. The number of nitrogens with zero attached hydrogens (tertiary/aromatic N) is 2. The highest BCUT2D eigenvalue weighted by Crippen LogP contribution is 2.23. The van der Waals surface area contributed by atoms with E-state index in [0.29, 0.717) is 0 Å². The molecule has 2 nitrogen and oxygen atoms in total. The molecule has 0 amide bonds. The van der Waals surface area contributed by atoms with Crippen LogP contribution in [0.2, 0.25) is 0 Å². The summed E-state index contributed by atoms with van der Waals surface area (Å²) in [5.41, 5.74) is 1.83. The van der Waals surface area contributed by atoms with E-state index in [-0.39, 0.29) is 5.82 Å². The first kappa shape index (κ1) is 12.6. The van der Waals surface area contributed by atoms with E-state index in [1.54, 1.807) is 18.2 Å². The van der Waals surface area contributed by atoms with Gasteiger partial charge in [0.2, 0.25) is 0 Å². The van der Waals surface area contributed by atoms with Crippen molar-refractivity contribution in [3.63, 3.8) is 0 Å². The van der Waals surface area contributed by atoms with Crippen LogP contribution in [0.15, 0.2) is 30.3 Å². The molecule has 0 N–H and O–H groups in total. The molecule has 2 rings (SSSR count). The average Bonchev–Trinajstić information content (AvgIpc) is 2.66. The molecule has 0 unspecified atom stereocenters. The van der Waals surface area contributed by atoms with E-state index in [1.807, 2.05) is 0 Å². The Kier molecular flexibility index (Phi) is 4.35. The van der Waals surface area contributed by atoms with Crippen molar-refractivity contribution in [3.8, 4) is 6.07 Å². The highest BCUT2D eigenvalue weighted by atomic mass is 19.1. The Bertz CT molecular complexity index is 448. The Morgan fingerprint density at radius 1 is 1.11 bits per heavy atom. The Morgan fingerprint density at radius 2 is 1.72 bits per heavy atom. The Hall–Kier alpha value is -1.82. The molecule has 0 atom stereocenters. The molecule has 94 valence electrons. The van der Waals surface area contributed by atoms with Gasteiger partial charge in [-0.3, -0.25) is 0 Å². The summed E-state index contributed by atoms with van der Waals surface area (Å²) in [6.45, 7) is 1.95. The summed E-state index contributed by atoms with van der Waals surface area (Å²) in [6, 6.07) is 8.47. The van der Waals surface area contributed by atoms with Crippen molar-refractivity contribution in [2.24, 2.45) is 0 Å². The maximum absolute atomic E-state index is 12.9. The van der Waals surface area contributed by atoms with E-state index in [4.69, 9.17) is 5.26 Å². The van der Waals surface area contributed by atoms with Gasteiger partial charge in [0.15, 0.2) is 0 Å². The summed E-state index contributed by atoms with van der Waals surface area (Å²) in [5.74, 6) is -0.245. The number of hydrogen-bond acceptors (Lipinski definition) is 2. The van der Waals surface area contributed by atoms with Gasteiger partial charge in [-0.05, 0) is 42.7 Å². The minimum absolute atomic E-state index is 0.245. The predicted octanol–water partition coefficient (Wildman–Crippen LogP) is 3.57. The molecule has 0 spiro atoms. The summed E-state index contributed by atoms with van der Waals surface area (Å²) in [6.07, 6.45) is 6.38. The summed E-state index contributed by atoms with van der Waals surface area (Å²) in [5, 5.41) is 8.93. The third-order valence-electron chi connectivity index (χ3n) is 3.29. The molecule has 0 bridgehead atoms. The lowest BCUT2D eigenvalue weighted by molar-refractivity contribution is 0.413. The fraction of sp³-hybridized carbons (Fsp3) is 0.400. The summed E-state index contributed by atoms with van der Waals surface area (Å²) < 4.78 is 12.9. The first-order valence-corrected chi connectivity index (χ1v) is 6.42. The van der Waals surface area contributed by atoms with Gasteiger partial charge in [0, 0.05) is 19.2 Å². The molecule has 0 saturated carbocycles. The molecular weight excluding hydrogens is 227 g/mol. The van der Waals surface area contributed by atoms with Crippen molar-refractivity contribution in [1.82, 2.24) is 4.90 Å². The third kappa shape index (κ3) is 3.10. The van der Waals surface area contributed by atoms with Crippen LogP contribution in [0.1, 0.15) is 31.2 Å². The minimum Gasteiger partial charge on any atom is -0.370 e. The Balaban J connectivity index is 2.25.